The minimum atomic E-state index is -1.39. The van der Waals surface area contributed by atoms with Gasteiger partial charge in [-0.1, -0.05) is 62.2 Å². The molecule has 0 spiro atoms. The molecule has 0 saturated carbocycles. The quantitative estimate of drug-likeness (QED) is 0.458. The van der Waals surface area contributed by atoms with Gasteiger partial charge >= 0.3 is 0 Å². The van der Waals surface area contributed by atoms with Crippen molar-refractivity contribution in [3.05, 3.63) is 89.2 Å². The zero-order valence-electron chi connectivity index (χ0n) is 22.6. The zero-order chi connectivity index (χ0) is 26.8. The number of ether oxygens (including phenoxy) is 2. The van der Waals surface area contributed by atoms with E-state index in [0.717, 1.165) is 29.6 Å². The lowest BCUT2D eigenvalue weighted by Gasteiger charge is -2.42. The smallest absolute Gasteiger partial charge is 0.192 e. The highest BCUT2D eigenvalue weighted by molar-refractivity contribution is 5.58. The number of hydrogen-bond acceptors (Lipinski definition) is 6. The minimum absolute atomic E-state index is 0.454. The van der Waals surface area contributed by atoms with Crippen LogP contribution in [0.1, 0.15) is 74.1 Å². The number of pyridine rings is 1. The Morgan fingerprint density at radius 2 is 1.68 bits per heavy atom. The molecule has 2 bridgehead atoms. The number of nitriles is 1. The summed E-state index contributed by atoms with van der Waals surface area (Å²) < 4.78 is 12.1. The lowest BCUT2D eigenvalue weighted by Crippen LogP contribution is -2.50. The molecular weight excluding hydrogens is 474 g/mol. The summed E-state index contributed by atoms with van der Waals surface area (Å²) in [6.07, 6.45) is 11.8. The molecule has 6 rings (SSSR count). The number of rotatable bonds is 5. The molecule has 3 aliphatic rings. The van der Waals surface area contributed by atoms with Crippen LogP contribution in [0.4, 0.5) is 0 Å². The molecule has 6 nitrogen and oxygen atoms in total. The molecule has 2 unspecified atom stereocenters. The van der Waals surface area contributed by atoms with Crippen LogP contribution in [0.5, 0.6) is 11.5 Å². The Morgan fingerprint density at radius 1 is 1.03 bits per heavy atom. The van der Waals surface area contributed by atoms with Crippen LogP contribution in [0.15, 0.2) is 67.0 Å². The number of aliphatic hydroxyl groups is 1. The second-order valence-electron chi connectivity index (χ2n) is 10.6. The summed E-state index contributed by atoms with van der Waals surface area (Å²) in [7, 11) is 3.86. The van der Waals surface area contributed by atoms with Crippen molar-refractivity contribution in [2.24, 2.45) is 0 Å². The third kappa shape index (κ3) is 4.24. The fourth-order valence-corrected chi connectivity index (χ4v) is 6.74. The van der Waals surface area contributed by atoms with Gasteiger partial charge in [0, 0.05) is 23.2 Å². The van der Waals surface area contributed by atoms with Gasteiger partial charge in [-0.05, 0) is 51.3 Å². The Bertz CT molecular complexity index is 1270. The van der Waals surface area contributed by atoms with Crippen LogP contribution >= 0.6 is 0 Å². The number of aromatic nitrogens is 1. The van der Waals surface area contributed by atoms with Gasteiger partial charge in [0.15, 0.2) is 5.60 Å². The highest BCUT2D eigenvalue weighted by Crippen LogP contribution is 2.60. The Balaban J connectivity index is 0.000000273. The third-order valence-electron chi connectivity index (χ3n) is 8.63. The molecule has 3 aromatic rings. The van der Waals surface area contributed by atoms with Crippen molar-refractivity contribution in [2.75, 3.05) is 14.2 Å². The number of nitrogens with zero attached hydrogens (tertiary/aromatic N) is 3. The first kappa shape index (κ1) is 26.2. The Labute approximate surface area is 225 Å². The van der Waals surface area contributed by atoms with Gasteiger partial charge in [0.25, 0.3) is 0 Å². The lowest BCUT2D eigenvalue weighted by molar-refractivity contribution is -0.103. The van der Waals surface area contributed by atoms with Gasteiger partial charge in [0.1, 0.15) is 17.1 Å². The summed E-state index contributed by atoms with van der Waals surface area (Å²) in [6, 6.07) is 20.9. The van der Waals surface area contributed by atoms with E-state index in [1.165, 1.54) is 32.1 Å². The van der Waals surface area contributed by atoms with Gasteiger partial charge in [0.05, 0.1) is 36.7 Å². The normalized spacial score (nSPS) is 27.4. The number of fused-ring (bicyclic) bond motifs is 3. The maximum atomic E-state index is 12.3. The van der Waals surface area contributed by atoms with Gasteiger partial charge in [0.2, 0.25) is 0 Å². The molecule has 2 fully saturated rings. The molecule has 38 heavy (non-hydrogen) atoms. The number of hydrogen-bond donors (Lipinski definition) is 1. The number of piperidine rings is 1. The summed E-state index contributed by atoms with van der Waals surface area (Å²) in [4.78, 5) is 6.82. The molecule has 1 aromatic heterocycles. The van der Waals surface area contributed by atoms with E-state index >= 15 is 0 Å². The maximum absolute atomic E-state index is 12.3. The summed E-state index contributed by atoms with van der Waals surface area (Å²) in [5.74, 6) is 0.985. The first-order valence-corrected chi connectivity index (χ1v) is 13.7. The summed E-state index contributed by atoms with van der Waals surface area (Å²) >= 11 is 0. The van der Waals surface area contributed by atoms with Crippen LogP contribution in [0.2, 0.25) is 0 Å². The minimum Gasteiger partial charge on any atom is -0.495 e. The van der Waals surface area contributed by atoms with Gasteiger partial charge in [-0.2, -0.15) is 5.26 Å². The fraction of sp³-hybridized carbons (Fsp3) is 0.438. The van der Waals surface area contributed by atoms with E-state index in [1.54, 1.807) is 31.6 Å². The topological polar surface area (TPSA) is 78.6 Å². The highest BCUT2D eigenvalue weighted by Gasteiger charge is 2.62. The predicted molar refractivity (Wildman–Crippen MR) is 147 cm³/mol. The summed E-state index contributed by atoms with van der Waals surface area (Å²) in [5, 5.41) is 21.5. The molecule has 2 aromatic carbocycles. The van der Waals surface area contributed by atoms with E-state index in [-0.39, 0.29) is 0 Å². The summed E-state index contributed by atoms with van der Waals surface area (Å²) in [5.41, 5.74) is 0.143. The average molecular weight is 512 g/mol. The second-order valence-corrected chi connectivity index (χ2v) is 10.6. The molecule has 4 atom stereocenters. The van der Waals surface area contributed by atoms with Gasteiger partial charge in [-0.25, -0.2) is 0 Å². The van der Waals surface area contributed by atoms with Crippen molar-refractivity contribution in [1.29, 1.82) is 5.26 Å². The first-order chi connectivity index (χ1) is 18.5. The fourth-order valence-electron chi connectivity index (χ4n) is 6.74. The van der Waals surface area contributed by atoms with Gasteiger partial charge in [-0.15, -0.1) is 0 Å². The van der Waals surface area contributed by atoms with E-state index in [2.05, 4.69) is 23.0 Å². The van der Waals surface area contributed by atoms with Crippen molar-refractivity contribution in [2.45, 2.75) is 75.2 Å². The Morgan fingerprint density at radius 3 is 2.26 bits per heavy atom. The van der Waals surface area contributed by atoms with E-state index in [4.69, 9.17) is 9.47 Å². The lowest BCUT2D eigenvalue weighted by atomic mass is 9.69. The molecule has 0 radical (unpaired) electrons. The molecule has 0 amide bonds. The van der Waals surface area contributed by atoms with Crippen LogP contribution in [-0.4, -0.2) is 41.2 Å². The van der Waals surface area contributed by atoms with E-state index in [1.807, 2.05) is 49.4 Å². The molecule has 198 valence electrons. The molecule has 6 heteroatoms. The van der Waals surface area contributed by atoms with E-state index in [0.29, 0.717) is 29.0 Å². The van der Waals surface area contributed by atoms with Crippen LogP contribution < -0.4 is 9.47 Å². The van der Waals surface area contributed by atoms with Gasteiger partial charge < -0.3 is 19.5 Å². The third-order valence-corrected chi connectivity index (χ3v) is 8.63. The molecule has 4 heterocycles. The van der Waals surface area contributed by atoms with E-state index < -0.39 is 11.2 Å². The summed E-state index contributed by atoms with van der Waals surface area (Å²) in [6.45, 7) is 2.03. The highest BCUT2D eigenvalue weighted by atomic mass is 16.5. The Hall–Kier alpha value is -3.40. The number of benzene rings is 2. The average Bonchev–Trinajstić information content (AvgIpc) is 3.30. The van der Waals surface area contributed by atoms with E-state index in [9.17, 15) is 10.4 Å². The predicted octanol–water partition coefficient (Wildman–Crippen LogP) is 5.92. The van der Waals surface area contributed by atoms with Crippen LogP contribution in [0, 0.1) is 11.3 Å². The van der Waals surface area contributed by atoms with Crippen molar-refractivity contribution in [3.63, 3.8) is 0 Å². The molecular formula is C32H37N3O3. The standard InChI is InChI=1S/C24H22N2O3.C8H15N/c1-3-13-23(27)22-20(28-2)15-26-16-21(22)29-24(23,18-7-5-4-6-8-18)19-11-9-17(14-25)10-12-19;1-9-7-3-2-4-8(9)6-5-7/h4-12,15-16,27H,3,13H2,1-2H3;7-8H,2-6H2,1H3/t;7-,8+. The maximum Gasteiger partial charge on any atom is 0.192 e. The largest absolute Gasteiger partial charge is 0.495 e. The zero-order valence-corrected chi connectivity index (χ0v) is 22.6. The number of methoxy groups -OCH3 is 1. The van der Waals surface area contributed by atoms with Crippen molar-refractivity contribution < 1.29 is 14.6 Å². The molecule has 1 N–H and O–H groups in total. The molecule has 0 aliphatic carbocycles. The molecule has 3 aliphatic heterocycles. The first-order valence-electron chi connectivity index (χ1n) is 13.7. The van der Waals surface area contributed by atoms with Crippen molar-refractivity contribution >= 4 is 0 Å². The SMILES string of the molecule is CCCC1(O)c2c(OC)cncc2OC1(c1ccccc1)c1ccc(C#N)cc1.CN1[C@@H]2CCC[C@H]1CC2. The van der Waals surface area contributed by atoms with Crippen molar-refractivity contribution in [1.82, 2.24) is 9.88 Å². The van der Waals surface area contributed by atoms with Crippen LogP contribution in [0.3, 0.4) is 0 Å². The van der Waals surface area contributed by atoms with Gasteiger partial charge in [-0.3, -0.25) is 4.98 Å². The monoisotopic (exact) mass is 511 g/mol. The van der Waals surface area contributed by atoms with Crippen LogP contribution in [0.25, 0.3) is 0 Å². The van der Waals surface area contributed by atoms with Crippen LogP contribution in [-0.2, 0) is 11.2 Å². The Kier molecular flexibility index (Phi) is 7.43. The van der Waals surface area contributed by atoms with Crippen molar-refractivity contribution in [3.8, 4) is 17.6 Å². The molecule has 2 saturated heterocycles. The second kappa shape index (κ2) is 10.8.